The predicted molar refractivity (Wildman–Crippen MR) is 70.8 cm³/mol. The number of hydrogen-bond donors (Lipinski definition) is 1. The number of likely N-dealkylation sites (N-methyl/N-ethyl adjacent to an activating group) is 1. The van der Waals surface area contributed by atoms with Crippen LogP contribution in [0.3, 0.4) is 0 Å². The highest BCUT2D eigenvalue weighted by Crippen LogP contribution is 2.26. The van der Waals surface area contributed by atoms with Crippen LogP contribution in [0.15, 0.2) is 0 Å². The molecule has 0 aromatic carbocycles. The summed E-state index contributed by atoms with van der Waals surface area (Å²) in [6, 6.07) is 0. The van der Waals surface area contributed by atoms with Gasteiger partial charge in [0, 0.05) is 12.1 Å². The lowest BCUT2D eigenvalue weighted by atomic mass is 9.98. The maximum Gasteiger partial charge on any atom is 0.243 e. The summed E-state index contributed by atoms with van der Waals surface area (Å²) in [5.74, 6) is 0.224. The molecule has 4 nitrogen and oxygen atoms in total. The molecule has 1 saturated heterocycles. The van der Waals surface area contributed by atoms with Gasteiger partial charge in [0.25, 0.3) is 0 Å². The highest BCUT2D eigenvalue weighted by Gasteiger charge is 2.46. The van der Waals surface area contributed by atoms with E-state index in [1.54, 1.807) is 0 Å². The first-order chi connectivity index (χ1) is 7.64. The van der Waals surface area contributed by atoms with Crippen LogP contribution in [0.1, 0.15) is 41.0 Å². The molecule has 1 aliphatic rings. The van der Waals surface area contributed by atoms with Crippen LogP contribution in [0.2, 0.25) is 0 Å². The van der Waals surface area contributed by atoms with Crippen molar-refractivity contribution in [1.29, 1.82) is 0 Å². The van der Waals surface area contributed by atoms with E-state index in [1.807, 2.05) is 11.8 Å². The Morgan fingerprint density at radius 3 is 2.35 bits per heavy atom. The second-order valence-corrected chi connectivity index (χ2v) is 6.15. The molecule has 0 aromatic heterocycles. The third kappa shape index (κ3) is 2.63. The van der Waals surface area contributed by atoms with Crippen molar-refractivity contribution in [3.8, 4) is 0 Å². The van der Waals surface area contributed by atoms with Crippen LogP contribution in [0, 0.1) is 0 Å². The van der Waals surface area contributed by atoms with Gasteiger partial charge in [-0.05, 0) is 48.2 Å². The number of rotatable bonds is 4. The fraction of sp³-hybridized carbons (Fsp3) is 0.923. The normalized spacial score (nSPS) is 30.5. The van der Waals surface area contributed by atoms with Crippen molar-refractivity contribution in [3.05, 3.63) is 0 Å². The molecule has 2 atom stereocenters. The van der Waals surface area contributed by atoms with Crippen molar-refractivity contribution in [2.24, 2.45) is 0 Å². The number of nitrogens with one attached hydrogen (secondary N) is 1. The molecule has 0 aliphatic carbocycles. The van der Waals surface area contributed by atoms with Gasteiger partial charge >= 0.3 is 0 Å². The Morgan fingerprint density at radius 2 is 2.00 bits per heavy atom. The van der Waals surface area contributed by atoms with Crippen molar-refractivity contribution < 1.29 is 4.79 Å². The van der Waals surface area contributed by atoms with E-state index in [-0.39, 0.29) is 23.2 Å². The SMILES string of the molecule is CCC1(C)NC(C)N(CC(C)(C)N(C)C)C1=O. The number of nitrogens with zero attached hydrogens (tertiary/aromatic N) is 2. The third-order valence-electron chi connectivity index (χ3n) is 4.20. The van der Waals surface area contributed by atoms with Crippen LogP contribution >= 0.6 is 0 Å². The Kier molecular flexibility index (Phi) is 3.89. The Bertz CT molecular complexity index is 301. The molecule has 100 valence electrons. The number of carbonyl (C=O) groups is 1. The summed E-state index contributed by atoms with van der Waals surface area (Å²) >= 11 is 0. The van der Waals surface area contributed by atoms with Gasteiger partial charge in [-0.15, -0.1) is 0 Å². The minimum absolute atomic E-state index is 0.00933. The smallest absolute Gasteiger partial charge is 0.243 e. The van der Waals surface area contributed by atoms with Crippen molar-refractivity contribution >= 4 is 5.91 Å². The average molecular weight is 241 g/mol. The molecule has 17 heavy (non-hydrogen) atoms. The van der Waals surface area contributed by atoms with Gasteiger partial charge in [-0.25, -0.2) is 0 Å². The minimum atomic E-state index is -0.387. The predicted octanol–water partition coefficient (Wildman–Crippen LogP) is 1.27. The van der Waals surface area contributed by atoms with Crippen LogP contribution in [0.5, 0.6) is 0 Å². The quantitative estimate of drug-likeness (QED) is 0.805. The maximum atomic E-state index is 12.4. The molecule has 1 aliphatic heterocycles. The lowest BCUT2D eigenvalue weighted by molar-refractivity contribution is -0.134. The molecule has 1 fully saturated rings. The van der Waals surface area contributed by atoms with Gasteiger partial charge in [0.05, 0.1) is 11.7 Å². The molecule has 2 unspecified atom stereocenters. The van der Waals surface area contributed by atoms with E-state index in [0.29, 0.717) is 0 Å². The van der Waals surface area contributed by atoms with Gasteiger partial charge in [0.15, 0.2) is 0 Å². The highest BCUT2D eigenvalue weighted by atomic mass is 16.2. The Balaban J connectivity index is 2.83. The summed E-state index contributed by atoms with van der Waals surface area (Å²) in [5, 5.41) is 3.40. The molecule has 0 spiro atoms. The van der Waals surface area contributed by atoms with E-state index in [9.17, 15) is 4.79 Å². The molecule has 0 saturated carbocycles. The average Bonchev–Trinajstić information content (AvgIpc) is 2.42. The fourth-order valence-electron chi connectivity index (χ4n) is 2.11. The number of amides is 1. The molecule has 1 heterocycles. The van der Waals surface area contributed by atoms with Gasteiger partial charge < -0.3 is 9.80 Å². The Hall–Kier alpha value is -0.610. The minimum Gasteiger partial charge on any atom is -0.324 e. The van der Waals surface area contributed by atoms with Crippen LogP contribution in [-0.2, 0) is 4.79 Å². The van der Waals surface area contributed by atoms with Gasteiger partial charge in [0.2, 0.25) is 5.91 Å². The molecular formula is C13H27N3O. The van der Waals surface area contributed by atoms with E-state index < -0.39 is 0 Å². The fourth-order valence-corrected chi connectivity index (χ4v) is 2.11. The first kappa shape index (κ1) is 14.5. The summed E-state index contributed by atoms with van der Waals surface area (Å²) in [4.78, 5) is 16.5. The monoisotopic (exact) mass is 241 g/mol. The van der Waals surface area contributed by atoms with Gasteiger partial charge in [0.1, 0.15) is 0 Å². The van der Waals surface area contributed by atoms with E-state index in [0.717, 1.165) is 13.0 Å². The zero-order valence-corrected chi connectivity index (χ0v) is 12.3. The van der Waals surface area contributed by atoms with Gasteiger partial charge in [-0.3, -0.25) is 10.1 Å². The summed E-state index contributed by atoms with van der Waals surface area (Å²) in [6.07, 6.45) is 0.946. The summed E-state index contributed by atoms with van der Waals surface area (Å²) in [5.41, 5.74) is -0.396. The third-order valence-corrected chi connectivity index (χ3v) is 4.20. The molecule has 1 amide bonds. The zero-order chi connectivity index (χ0) is 13.4. The largest absolute Gasteiger partial charge is 0.324 e. The first-order valence-corrected chi connectivity index (χ1v) is 6.40. The number of carbonyl (C=O) groups excluding carboxylic acids is 1. The highest BCUT2D eigenvalue weighted by molar-refractivity contribution is 5.88. The molecule has 0 radical (unpaired) electrons. The second-order valence-electron chi connectivity index (χ2n) is 6.15. The summed E-state index contributed by atoms with van der Waals surface area (Å²) in [6.45, 7) is 11.2. The lowest BCUT2D eigenvalue weighted by Crippen LogP contribution is -2.51. The van der Waals surface area contributed by atoms with E-state index in [1.165, 1.54) is 0 Å². The van der Waals surface area contributed by atoms with Crippen molar-refractivity contribution in [2.45, 2.75) is 58.3 Å². The van der Waals surface area contributed by atoms with E-state index >= 15 is 0 Å². The molecule has 1 rings (SSSR count). The number of hydrogen-bond acceptors (Lipinski definition) is 3. The van der Waals surface area contributed by atoms with E-state index in [2.05, 4.69) is 52.0 Å². The van der Waals surface area contributed by atoms with Crippen LogP contribution < -0.4 is 5.32 Å². The lowest BCUT2D eigenvalue weighted by Gasteiger charge is -2.37. The Labute approximate surface area is 105 Å². The molecule has 1 N–H and O–H groups in total. The second kappa shape index (κ2) is 4.58. The summed E-state index contributed by atoms with van der Waals surface area (Å²) in [7, 11) is 4.11. The summed E-state index contributed by atoms with van der Waals surface area (Å²) < 4.78 is 0. The van der Waals surface area contributed by atoms with Crippen LogP contribution in [-0.4, -0.2) is 53.6 Å². The first-order valence-electron chi connectivity index (χ1n) is 6.40. The molecule has 0 bridgehead atoms. The van der Waals surface area contributed by atoms with Crippen LogP contribution in [0.4, 0.5) is 0 Å². The van der Waals surface area contributed by atoms with Crippen molar-refractivity contribution in [3.63, 3.8) is 0 Å². The Morgan fingerprint density at radius 1 is 1.47 bits per heavy atom. The van der Waals surface area contributed by atoms with Crippen molar-refractivity contribution in [1.82, 2.24) is 15.1 Å². The standard InChI is InChI=1S/C13H27N3O/c1-8-13(5)11(17)16(10(2)14-13)9-12(3,4)15(6)7/h10,14H,8-9H2,1-7H3. The van der Waals surface area contributed by atoms with E-state index in [4.69, 9.17) is 0 Å². The van der Waals surface area contributed by atoms with Gasteiger partial charge in [-0.1, -0.05) is 6.92 Å². The topological polar surface area (TPSA) is 35.6 Å². The molecule has 4 heteroatoms. The van der Waals surface area contributed by atoms with Crippen molar-refractivity contribution in [2.75, 3.05) is 20.6 Å². The molecule has 0 aromatic rings. The van der Waals surface area contributed by atoms with Crippen LogP contribution in [0.25, 0.3) is 0 Å². The maximum absolute atomic E-state index is 12.4. The molecular weight excluding hydrogens is 214 g/mol. The zero-order valence-electron chi connectivity index (χ0n) is 12.3. The van der Waals surface area contributed by atoms with Gasteiger partial charge in [-0.2, -0.15) is 0 Å².